The maximum Gasteiger partial charge on any atom is 0.243 e. The first-order chi connectivity index (χ1) is 14.0. The number of amides is 1. The second-order valence-electron chi connectivity index (χ2n) is 10.5. The highest BCUT2D eigenvalue weighted by Crippen LogP contribution is 2.22. The summed E-state index contributed by atoms with van der Waals surface area (Å²) >= 11 is 5.64. The van der Waals surface area contributed by atoms with Crippen LogP contribution in [0.15, 0.2) is 30.3 Å². The highest BCUT2D eigenvalue weighted by Gasteiger charge is 2.34. The summed E-state index contributed by atoms with van der Waals surface area (Å²) in [7, 11) is 0. The molecule has 168 valence electrons. The van der Waals surface area contributed by atoms with Crippen LogP contribution in [0.2, 0.25) is 0 Å². The summed E-state index contributed by atoms with van der Waals surface area (Å²) in [5, 5.41) is 14.1. The van der Waals surface area contributed by atoms with Crippen LogP contribution < -0.4 is 21.3 Å². The van der Waals surface area contributed by atoms with Crippen molar-refractivity contribution in [2.24, 2.45) is 5.41 Å². The first-order valence-electron chi connectivity index (χ1n) is 11.1. The van der Waals surface area contributed by atoms with Crippen molar-refractivity contribution in [2.45, 2.75) is 97.4 Å². The minimum absolute atomic E-state index is 0.0263. The monoisotopic (exact) mass is 432 g/mol. The van der Waals surface area contributed by atoms with Crippen LogP contribution >= 0.6 is 12.2 Å². The smallest absolute Gasteiger partial charge is 0.243 e. The van der Waals surface area contributed by atoms with Gasteiger partial charge in [0.25, 0.3) is 0 Å². The van der Waals surface area contributed by atoms with Crippen molar-refractivity contribution in [1.29, 1.82) is 0 Å². The molecule has 1 fully saturated rings. The van der Waals surface area contributed by atoms with Crippen molar-refractivity contribution >= 4 is 23.2 Å². The Morgan fingerprint density at radius 2 is 1.63 bits per heavy atom. The molecule has 1 aliphatic carbocycles. The number of thiocarbonyl (C=S) groups is 1. The van der Waals surface area contributed by atoms with Crippen molar-refractivity contribution in [3.63, 3.8) is 0 Å². The van der Waals surface area contributed by atoms with Gasteiger partial charge < -0.3 is 21.3 Å². The molecule has 2 rings (SSSR count). The van der Waals surface area contributed by atoms with Gasteiger partial charge in [-0.25, -0.2) is 0 Å². The molecule has 1 amide bonds. The Morgan fingerprint density at radius 1 is 1.03 bits per heavy atom. The zero-order chi connectivity index (χ0) is 22.4. The molecule has 1 aromatic rings. The standard InChI is InChI=1S/C24H40N4OS/c1-23(2,3)20(21(29)28-24(4,5)6)27-22(30)26-19-15-11-10-14-18(19)25-16-17-12-8-7-9-13-17/h7-9,12-13,18-20,25H,10-11,14-16H2,1-6H3,(H,28,29)(H2,26,27,30)/t18-,19-,20?/m0/s1. The van der Waals surface area contributed by atoms with E-state index in [9.17, 15) is 4.79 Å². The van der Waals surface area contributed by atoms with E-state index in [0.29, 0.717) is 11.2 Å². The highest BCUT2D eigenvalue weighted by atomic mass is 32.1. The minimum Gasteiger partial charge on any atom is -0.358 e. The van der Waals surface area contributed by atoms with Crippen LogP contribution in [0.4, 0.5) is 0 Å². The van der Waals surface area contributed by atoms with Crippen LogP contribution in [-0.2, 0) is 11.3 Å². The Kier molecular flexibility index (Phi) is 8.68. The number of benzene rings is 1. The fourth-order valence-corrected chi connectivity index (χ4v) is 4.12. The Morgan fingerprint density at radius 3 is 2.20 bits per heavy atom. The molecule has 30 heavy (non-hydrogen) atoms. The van der Waals surface area contributed by atoms with Crippen LogP contribution in [-0.4, -0.2) is 34.7 Å². The zero-order valence-electron chi connectivity index (χ0n) is 19.5. The Balaban J connectivity index is 1.97. The summed E-state index contributed by atoms with van der Waals surface area (Å²) in [6.45, 7) is 13.0. The molecule has 0 aliphatic heterocycles. The summed E-state index contributed by atoms with van der Waals surface area (Å²) < 4.78 is 0. The average Bonchev–Trinajstić information content (AvgIpc) is 2.64. The van der Waals surface area contributed by atoms with Crippen molar-refractivity contribution in [3.05, 3.63) is 35.9 Å². The molecule has 3 atom stereocenters. The third kappa shape index (κ3) is 8.23. The topological polar surface area (TPSA) is 65.2 Å². The van der Waals surface area contributed by atoms with E-state index in [1.54, 1.807) is 0 Å². The summed E-state index contributed by atoms with van der Waals surface area (Å²) in [5.74, 6) is -0.0263. The SMILES string of the molecule is CC(C)(C)NC(=O)C(NC(=S)N[C@H]1CCCC[C@@H]1NCc1ccccc1)C(C)(C)C. The third-order valence-electron chi connectivity index (χ3n) is 5.40. The number of rotatable bonds is 6. The van der Waals surface area contributed by atoms with E-state index < -0.39 is 6.04 Å². The van der Waals surface area contributed by atoms with Crippen molar-refractivity contribution in [3.8, 4) is 0 Å². The lowest BCUT2D eigenvalue weighted by atomic mass is 9.85. The van der Waals surface area contributed by atoms with Crippen molar-refractivity contribution in [1.82, 2.24) is 21.3 Å². The molecule has 5 nitrogen and oxygen atoms in total. The largest absolute Gasteiger partial charge is 0.358 e. The summed E-state index contributed by atoms with van der Waals surface area (Å²) in [5.41, 5.74) is 0.736. The second kappa shape index (κ2) is 10.6. The fraction of sp³-hybridized carbons (Fsp3) is 0.667. The number of hydrogen-bond donors (Lipinski definition) is 4. The number of hydrogen-bond acceptors (Lipinski definition) is 3. The van der Waals surface area contributed by atoms with Gasteiger partial charge in [-0.05, 0) is 56.8 Å². The van der Waals surface area contributed by atoms with Gasteiger partial charge in [0.1, 0.15) is 6.04 Å². The molecule has 4 N–H and O–H groups in total. The molecule has 1 aromatic carbocycles. The van der Waals surface area contributed by atoms with Gasteiger partial charge in [-0.1, -0.05) is 63.9 Å². The first kappa shape index (κ1) is 24.6. The van der Waals surface area contributed by atoms with E-state index in [-0.39, 0.29) is 22.9 Å². The normalized spacial score (nSPS) is 20.9. The van der Waals surface area contributed by atoms with E-state index in [1.165, 1.54) is 18.4 Å². The van der Waals surface area contributed by atoms with E-state index in [2.05, 4.69) is 66.3 Å². The molecular formula is C24H40N4OS. The van der Waals surface area contributed by atoms with Gasteiger partial charge >= 0.3 is 0 Å². The first-order valence-corrected chi connectivity index (χ1v) is 11.5. The minimum atomic E-state index is -0.406. The van der Waals surface area contributed by atoms with Crippen LogP contribution in [0.25, 0.3) is 0 Å². The number of carbonyl (C=O) groups excluding carboxylic acids is 1. The molecule has 0 saturated heterocycles. The molecule has 0 spiro atoms. The maximum absolute atomic E-state index is 12.9. The average molecular weight is 433 g/mol. The second-order valence-corrected chi connectivity index (χ2v) is 10.9. The van der Waals surface area contributed by atoms with E-state index >= 15 is 0 Å². The predicted molar refractivity (Wildman–Crippen MR) is 129 cm³/mol. The summed E-state index contributed by atoms with van der Waals surface area (Å²) in [4.78, 5) is 12.9. The van der Waals surface area contributed by atoms with E-state index in [0.717, 1.165) is 19.4 Å². The third-order valence-corrected chi connectivity index (χ3v) is 5.63. The van der Waals surface area contributed by atoms with E-state index in [4.69, 9.17) is 12.2 Å². The lowest BCUT2D eigenvalue weighted by Crippen LogP contribution is -2.61. The van der Waals surface area contributed by atoms with Gasteiger partial charge in [0, 0.05) is 24.2 Å². The van der Waals surface area contributed by atoms with E-state index in [1.807, 2.05) is 26.8 Å². The molecule has 0 radical (unpaired) electrons. The quantitative estimate of drug-likeness (QED) is 0.514. The van der Waals surface area contributed by atoms with Gasteiger partial charge in [-0.2, -0.15) is 0 Å². The van der Waals surface area contributed by atoms with Crippen LogP contribution in [0.1, 0.15) is 72.8 Å². The molecule has 1 aliphatic rings. The summed E-state index contributed by atoms with van der Waals surface area (Å²) in [6, 6.07) is 10.7. The Labute approximate surface area is 188 Å². The summed E-state index contributed by atoms with van der Waals surface area (Å²) in [6.07, 6.45) is 4.61. The molecule has 6 heteroatoms. The van der Waals surface area contributed by atoms with Gasteiger partial charge in [-0.15, -0.1) is 0 Å². The molecule has 0 aromatic heterocycles. The number of carbonyl (C=O) groups is 1. The molecular weight excluding hydrogens is 392 g/mol. The molecule has 0 bridgehead atoms. The van der Waals surface area contributed by atoms with Crippen LogP contribution in [0.5, 0.6) is 0 Å². The lowest BCUT2D eigenvalue weighted by molar-refractivity contribution is -0.126. The Bertz CT molecular complexity index is 693. The zero-order valence-corrected chi connectivity index (χ0v) is 20.3. The highest BCUT2D eigenvalue weighted by molar-refractivity contribution is 7.80. The van der Waals surface area contributed by atoms with Crippen molar-refractivity contribution in [2.75, 3.05) is 0 Å². The van der Waals surface area contributed by atoms with Crippen LogP contribution in [0.3, 0.4) is 0 Å². The molecule has 0 heterocycles. The van der Waals surface area contributed by atoms with Gasteiger partial charge in [-0.3, -0.25) is 4.79 Å². The number of nitrogens with one attached hydrogen (secondary N) is 4. The predicted octanol–water partition coefficient (Wildman–Crippen LogP) is 3.88. The lowest BCUT2D eigenvalue weighted by Gasteiger charge is -2.37. The van der Waals surface area contributed by atoms with Crippen LogP contribution in [0, 0.1) is 5.41 Å². The van der Waals surface area contributed by atoms with Gasteiger partial charge in [0.15, 0.2) is 5.11 Å². The van der Waals surface area contributed by atoms with Gasteiger partial charge in [0.05, 0.1) is 0 Å². The molecule has 1 unspecified atom stereocenters. The fourth-order valence-electron chi connectivity index (χ4n) is 3.85. The maximum atomic E-state index is 12.9. The van der Waals surface area contributed by atoms with Crippen molar-refractivity contribution < 1.29 is 4.79 Å². The Hall–Kier alpha value is -1.66. The van der Waals surface area contributed by atoms with Gasteiger partial charge in [0.2, 0.25) is 5.91 Å². The molecule has 1 saturated carbocycles.